The van der Waals surface area contributed by atoms with E-state index in [0.717, 1.165) is 25.3 Å². The summed E-state index contributed by atoms with van der Waals surface area (Å²) in [5.41, 5.74) is 1.40. The number of hydrogen-bond acceptors (Lipinski definition) is 2. The van der Waals surface area contributed by atoms with Gasteiger partial charge in [0.2, 0.25) is 0 Å². The Balaban J connectivity index is 1.88. The average Bonchev–Trinajstić information content (AvgIpc) is 2.41. The maximum Gasteiger partial charge on any atom is 0.119 e. The van der Waals surface area contributed by atoms with Crippen LogP contribution in [-0.2, 0) is 0 Å². The fourth-order valence-corrected chi connectivity index (χ4v) is 2.27. The third-order valence-corrected chi connectivity index (χ3v) is 3.36. The van der Waals surface area contributed by atoms with E-state index in [0.29, 0.717) is 6.04 Å². The molecular weight excluding hydrogens is 210 g/mol. The number of ether oxygens (including phenoxy) is 1. The molecule has 2 heteroatoms. The zero-order valence-electron chi connectivity index (χ0n) is 10.7. The van der Waals surface area contributed by atoms with Crippen molar-refractivity contribution in [2.24, 2.45) is 0 Å². The first kappa shape index (κ1) is 12.4. The fourth-order valence-electron chi connectivity index (χ4n) is 2.27. The summed E-state index contributed by atoms with van der Waals surface area (Å²) in [7, 11) is 0. The van der Waals surface area contributed by atoms with Gasteiger partial charge in [-0.05, 0) is 43.5 Å². The molecule has 1 saturated heterocycles. The molecule has 1 fully saturated rings. The van der Waals surface area contributed by atoms with E-state index in [1.807, 2.05) is 0 Å². The molecule has 0 bridgehead atoms. The molecule has 2 rings (SSSR count). The van der Waals surface area contributed by atoms with Crippen LogP contribution < -0.4 is 10.1 Å². The van der Waals surface area contributed by atoms with Crippen molar-refractivity contribution < 1.29 is 4.74 Å². The average molecular weight is 233 g/mol. The van der Waals surface area contributed by atoms with Gasteiger partial charge in [-0.2, -0.15) is 0 Å². The van der Waals surface area contributed by atoms with Crippen LogP contribution in [0.2, 0.25) is 0 Å². The Morgan fingerprint density at radius 2 is 2.06 bits per heavy atom. The third kappa shape index (κ3) is 3.74. The van der Waals surface area contributed by atoms with Gasteiger partial charge in [0, 0.05) is 6.04 Å². The molecule has 1 aromatic carbocycles. The molecule has 1 heterocycles. The second-order valence-corrected chi connectivity index (χ2v) is 4.77. The number of rotatable bonds is 5. The largest absolute Gasteiger partial charge is 0.494 e. The normalized spacial score (nSPS) is 20.2. The molecule has 1 N–H and O–H groups in total. The summed E-state index contributed by atoms with van der Waals surface area (Å²) >= 11 is 0. The first-order valence-electron chi connectivity index (χ1n) is 6.86. The monoisotopic (exact) mass is 233 g/mol. The molecule has 1 atom stereocenters. The number of hydrogen-bond donors (Lipinski definition) is 1. The lowest BCUT2D eigenvalue weighted by atomic mass is 9.98. The van der Waals surface area contributed by atoms with Crippen LogP contribution in [0, 0.1) is 0 Å². The van der Waals surface area contributed by atoms with Crippen molar-refractivity contribution in [1.82, 2.24) is 5.32 Å². The first-order chi connectivity index (χ1) is 8.40. The topological polar surface area (TPSA) is 21.3 Å². The lowest BCUT2D eigenvalue weighted by Crippen LogP contribution is -2.26. The standard InChI is InChI=1S/C15H23NO/c1-2-3-12-17-14-9-7-13(8-10-14)15-6-4-5-11-16-15/h7-10,15-16H,2-6,11-12H2,1H3. The molecule has 1 aliphatic rings. The lowest BCUT2D eigenvalue weighted by molar-refractivity contribution is 0.309. The van der Waals surface area contributed by atoms with Gasteiger partial charge in [0.25, 0.3) is 0 Å². The molecule has 0 spiro atoms. The van der Waals surface area contributed by atoms with Gasteiger partial charge in [-0.3, -0.25) is 0 Å². The van der Waals surface area contributed by atoms with Crippen LogP contribution >= 0.6 is 0 Å². The number of unbranched alkanes of at least 4 members (excludes halogenated alkanes) is 1. The van der Waals surface area contributed by atoms with E-state index >= 15 is 0 Å². The zero-order chi connectivity index (χ0) is 11.9. The van der Waals surface area contributed by atoms with Crippen molar-refractivity contribution in [3.8, 4) is 5.75 Å². The Bertz CT molecular complexity index is 314. The van der Waals surface area contributed by atoms with Gasteiger partial charge in [-0.1, -0.05) is 31.9 Å². The Kier molecular flexibility index (Phi) is 4.87. The molecule has 0 radical (unpaired) electrons. The van der Waals surface area contributed by atoms with Crippen LogP contribution in [0.1, 0.15) is 50.6 Å². The van der Waals surface area contributed by atoms with E-state index in [1.165, 1.54) is 31.2 Å². The van der Waals surface area contributed by atoms with Crippen molar-refractivity contribution in [3.63, 3.8) is 0 Å². The van der Waals surface area contributed by atoms with Crippen LogP contribution in [-0.4, -0.2) is 13.2 Å². The molecule has 0 aromatic heterocycles. The van der Waals surface area contributed by atoms with Gasteiger partial charge in [-0.25, -0.2) is 0 Å². The van der Waals surface area contributed by atoms with Crippen molar-refractivity contribution in [3.05, 3.63) is 29.8 Å². The molecule has 0 aliphatic carbocycles. The summed E-state index contributed by atoms with van der Waals surface area (Å²) in [4.78, 5) is 0. The van der Waals surface area contributed by atoms with E-state index in [-0.39, 0.29) is 0 Å². The quantitative estimate of drug-likeness (QED) is 0.783. The summed E-state index contributed by atoms with van der Waals surface area (Å²) in [6.45, 7) is 4.16. The highest BCUT2D eigenvalue weighted by atomic mass is 16.5. The fraction of sp³-hybridized carbons (Fsp3) is 0.600. The zero-order valence-corrected chi connectivity index (χ0v) is 10.7. The Hall–Kier alpha value is -1.02. The van der Waals surface area contributed by atoms with Crippen LogP contribution in [0.5, 0.6) is 5.75 Å². The summed E-state index contributed by atoms with van der Waals surface area (Å²) in [5, 5.41) is 3.57. The Morgan fingerprint density at radius 1 is 1.24 bits per heavy atom. The van der Waals surface area contributed by atoms with Crippen molar-refractivity contribution >= 4 is 0 Å². The third-order valence-electron chi connectivity index (χ3n) is 3.36. The molecule has 0 amide bonds. The van der Waals surface area contributed by atoms with Gasteiger partial charge < -0.3 is 10.1 Å². The van der Waals surface area contributed by atoms with Gasteiger partial charge in [-0.15, -0.1) is 0 Å². The SMILES string of the molecule is CCCCOc1ccc(C2CCCCN2)cc1. The minimum atomic E-state index is 0.549. The van der Waals surface area contributed by atoms with Crippen molar-refractivity contribution in [2.75, 3.05) is 13.2 Å². The smallest absolute Gasteiger partial charge is 0.119 e. The second kappa shape index (κ2) is 6.65. The van der Waals surface area contributed by atoms with Crippen LogP contribution in [0.4, 0.5) is 0 Å². The molecule has 1 unspecified atom stereocenters. The predicted octanol–water partition coefficient (Wildman–Crippen LogP) is 3.68. The van der Waals surface area contributed by atoms with E-state index in [2.05, 4.69) is 36.5 Å². The predicted molar refractivity (Wildman–Crippen MR) is 71.4 cm³/mol. The molecule has 94 valence electrons. The maximum atomic E-state index is 5.67. The number of benzene rings is 1. The molecule has 1 aliphatic heterocycles. The lowest BCUT2D eigenvalue weighted by Gasteiger charge is -2.23. The van der Waals surface area contributed by atoms with E-state index < -0.39 is 0 Å². The van der Waals surface area contributed by atoms with Crippen molar-refractivity contribution in [1.29, 1.82) is 0 Å². The van der Waals surface area contributed by atoms with Gasteiger partial charge in [0.15, 0.2) is 0 Å². The minimum absolute atomic E-state index is 0.549. The summed E-state index contributed by atoms with van der Waals surface area (Å²) in [6.07, 6.45) is 6.23. The molecule has 2 nitrogen and oxygen atoms in total. The Morgan fingerprint density at radius 3 is 2.71 bits per heavy atom. The van der Waals surface area contributed by atoms with Gasteiger partial charge in [0.05, 0.1) is 6.61 Å². The molecule has 17 heavy (non-hydrogen) atoms. The highest BCUT2D eigenvalue weighted by molar-refractivity contribution is 5.29. The molecule has 0 saturated carbocycles. The summed E-state index contributed by atoms with van der Waals surface area (Å²) < 4.78 is 5.67. The summed E-state index contributed by atoms with van der Waals surface area (Å²) in [5.74, 6) is 0.998. The minimum Gasteiger partial charge on any atom is -0.494 e. The molecular formula is C15H23NO. The van der Waals surface area contributed by atoms with E-state index in [4.69, 9.17) is 4.74 Å². The summed E-state index contributed by atoms with van der Waals surface area (Å²) in [6, 6.07) is 9.14. The van der Waals surface area contributed by atoms with Crippen LogP contribution in [0.25, 0.3) is 0 Å². The second-order valence-electron chi connectivity index (χ2n) is 4.77. The van der Waals surface area contributed by atoms with Crippen molar-refractivity contribution in [2.45, 2.75) is 45.1 Å². The van der Waals surface area contributed by atoms with E-state index in [1.54, 1.807) is 0 Å². The Labute approximate surface area is 104 Å². The van der Waals surface area contributed by atoms with Gasteiger partial charge >= 0.3 is 0 Å². The highest BCUT2D eigenvalue weighted by Crippen LogP contribution is 2.24. The van der Waals surface area contributed by atoms with E-state index in [9.17, 15) is 0 Å². The van der Waals surface area contributed by atoms with Gasteiger partial charge in [0.1, 0.15) is 5.75 Å². The number of nitrogens with one attached hydrogen (secondary N) is 1. The maximum absolute atomic E-state index is 5.67. The molecule has 1 aromatic rings. The first-order valence-corrected chi connectivity index (χ1v) is 6.86. The number of piperidine rings is 1. The van der Waals surface area contributed by atoms with Crippen LogP contribution in [0.3, 0.4) is 0 Å². The van der Waals surface area contributed by atoms with Crippen LogP contribution in [0.15, 0.2) is 24.3 Å². The highest BCUT2D eigenvalue weighted by Gasteiger charge is 2.14.